The second-order valence-corrected chi connectivity index (χ2v) is 3.82. The summed E-state index contributed by atoms with van der Waals surface area (Å²) in [7, 11) is 0. The third-order valence-corrected chi connectivity index (χ3v) is 2.52. The molecule has 0 fully saturated rings. The first kappa shape index (κ1) is 12.5. The minimum Gasteiger partial charge on any atom is -0.379 e. The number of nitrogens with one attached hydrogen (secondary N) is 1. The summed E-state index contributed by atoms with van der Waals surface area (Å²) in [5.74, 6) is -0.478. The van der Waals surface area contributed by atoms with Gasteiger partial charge >= 0.3 is 0 Å². The zero-order chi connectivity index (χ0) is 13.7. The first-order chi connectivity index (χ1) is 9.22. The van der Waals surface area contributed by atoms with Gasteiger partial charge in [-0.15, -0.1) is 0 Å². The number of pyridine rings is 1. The van der Waals surface area contributed by atoms with E-state index < -0.39 is 5.82 Å². The number of hydrogen-bond acceptors (Lipinski definition) is 4. The van der Waals surface area contributed by atoms with Crippen LogP contribution in [-0.4, -0.2) is 4.98 Å². The lowest BCUT2D eigenvalue weighted by Gasteiger charge is -2.07. The van der Waals surface area contributed by atoms with Crippen LogP contribution in [-0.2, 0) is 6.54 Å². The molecule has 0 unspecified atom stereocenters. The summed E-state index contributed by atoms with van der Waals surface area (Å²) in [4.78, 5) is 3.85. The molecule has 1 N–H and O–H groups in total. The quantitative estimate of drug-likeness (QED) is 0.911. The second-order valence-electron chi connectivity index (χ2n) is 3.82. The maximum atomic E-state index is 13.6. The molecule has 0 spiro atoms. The molecule has 0 saturated carbocycles. The van der Waals surface area contributed by atoms with E-state index in [1.165, 1.54) is 18.3 Å². The van der Waals surface area contributed by atoms with Crippen molar-refractivity contribution in [1.82, 2.24) is 4.98 Å². The van der Waals surface area contributed by atoms with Gasteiger partial charge < -0.3 is 5.32 Å². The monoisotopic (exact) mass is 252 g/mol. The van der Waals surface area contributed by atoms with Gasteiger partial charge in [0.1, 0.15) is 17.6 Å². The molecule has 2 aromatic rings. The Labute approximate surface area is 109 Å². The predicted octanol–water partition coefficient (Wildman–Crippen LogP) is 2.58. The van der Waals surface area contributed by atoms with Gasteiger partial charge in [-0.05, 0) is 35.9 Å². The van der Waals surface area contributed by atoms with Gasteiger partial charge in [0.15, 0.2) is 0 Å². The highest BCUT2D eigenvalue weighted by atomic mass is 19.1. The highest BCUT2D eigenvalue weighted by Crippen LogP contribution is 2.16. The fourth-order valence-corrected chi connectivity index (χ4v) is 1.57. The fourth-order valence-electron chi connectivity index (χ4n) is 1.57. The average molecular weight is 252 g/mol. The second kappa shape index (κ2) is 5.61. The summed E-state index contributed by atoms with van der Waals surface area (Å²) in [5.41, 5.74) is 1.74. The van der Waals surface area contributed by atoms with Gasteiger partial charge in [0.2, 0.25) is 0 Å². The van der Waals surface area contributed by atoms with Crippen molar-refractivity contribution >= 4 is 5.69 Å². The number of benzene rings is 1. The number of halogens is 1. The molecule has 92 valence electrons. The maximum absolute atomic E-state index is 13.6. The largest absolute Gasteiger partial charge is 0.379 e. The number of nitriles is 2. The van der Waals surface area contributed by atoms with E-state index in [0.717, 1.165) is 5.56 Å². The maximum Gasteiger partial charge on any atom is 0.147 e. The summed E-state index contributed by atoms with van der Waals surface area (Å²) >= 11 is 0. The Morgan fingerprint density at radius 3 is 2.68 bits per heavy atom. The van der Waals surface area contributed by atoms with E-state index in [4.69, 9.17) is 10.5 Å². The van der Waals surface area contributed by atoms with Gasteiger partial charge in [0.25, 0.3) is 0 Å². The minimum atomic E-state index is -0.478. The van der Waals surface area contributed by atoms with Gasteiger partial charge in [-0.25, -0.2) is 9.37 Å². The first-order valence-electron chi connectivity index (χ1n) is 5.51. The Morgan fingerprint density at radius 2 is 2.00 bits per heavy atom. The lowest BCUT2D eigenvalue weighted by Crippen LogP contribution is -2.02. The SMILES string of the molecule is N#Cc1ccc(NCc2ccnc(C#N)c2)c(F)c1. The Morgan fingerprint density at radius 1 is 1.16 bits per heavy atom. The highest BCUT2D eigenvalue weighted by molar-refractivity contribution is 5.49. The Hall–Kier alpha value is -2.92. The fraction of sp³-hybridized carbons (Fsp3) is 0.0714. The van der Waals surface area contributed by atoms with E-state index in [0.29, 0.717) is 17.9 Å². The van der Waals surface area contributed by atoms with Crippen LogP contribution in [0.15, 0.2) is 36.5 Å². The molecule has 2 rings (SSSR count). The third kappa shape index (κ3) is 3.05. The van der Waals surface area contributed by atoms with Crippen molar-refractivity contribution < 1.29 is 4.39 Å². The Bertz CT molecular complexity index is 683. The summed E-state index contributed by atoms with van der Waals surface area (Å²) in [6, 6.07) is 11.4. The zero-order valence-corrected chi connectivity index (χ0v) is 9.89. The summed E-state index contributed by atoms with van der Waals surface area (Å²) < 4.78 is 13.6. The van der Waals surface area contributed by atoms with Crippen LogP contribution in [0.25, 0.3) is 0 Å². The molecule has 0 amide bonds. The molecule has 1 heterocycles. The summed E-state index contributed by atoms with van der Waals surface area (Å²) in [6.45, 7) is 0.375. The number of anilines is 1. The van der Waals surface area contributed by atoms with Gasteiger partial charge in [-0.2, -0.15) is 10.5 Å². The van der Waals surface area contributed by atoms with Crippen LogP contribution < -0.4 is 5.32 Å². The van der Waals surface area contributed by atoms with Gasteiger partial charge in [0, 0.05) is 12.7 Å². The molecule has 0 aliphatic heterocycles. The van der Waals surface area contributed by atoms with Crippen molar-refractivity contribution in [2.75, 3.05) is 5.32 Å². The van der Waals surface area contributed by atoms with Crippen LogP contribution in [0.4, 0.5) is 10.1 Å². The molecule has 19 heavy (non-hydrogen) atoms. The lowest BCUT2D eigenvalue weighted by molar-refractivity contribution is 0.629. The highest BCUT2D eigenvalue weighted by Gasteiger charge is 2.03. The average Bonchev–Trinajstić information content (AvgIpc) is 2.46. The Kier molecular flexibility index (Phi) is 3.70. The number of nitrogens with zero attached hydrogens (tertiary/aromatic N) is 3. The molecule has 1 aromatic heterocycles. The summed E-state index contributed by atoms with van der Waals surface area (Å²) in [5, 5.41) is 20.3. The van der Waals surface area contributed by atoms with Crippen molar-refractivity contribution in [1.29, 1.82) is 10.5 Å². The molecule has 0 radical (unpaired) electrons. The van der Waals surface area contributed by atoms with E-state index in [1.807, 2.05) is 12.1 Å². The zero-order valence-electron chi connectivity index (χ0n) is 9.89. The van der Waals surface area contributed by atoms with Gasteiger partial charge in [0.05, 0.1) is 17.3 Å². The smallest absolute Gasteiger partial charge is 0.147 e. The van der Waals surface area contributed by atoms with E-state index >= 15 is 0 Å². The Balaban J connectivity index is 2.11. The predicted molar refractivity (Wildman–Crippen MR) is 67.4 cm³/mol. The van der Waals surface area contributed by atoms with E-state index in [2.05, 4.69) is 10.3 Å². The summed E-state index contributed by atoms with van der Waals surface area (Å²) in [6.07, 6.45) is 1.53. The number of rotatable bonds is 3. The standard InChI is InChI=1S/C14H9FN4/c15-13-6-10(7-16)1-2-14(13)19-9-11-3-4-18-12(5-11)8-17/h1-6,19H,9H2. The van der Waals surface area contributed by atoms with E-state index in [1.54, 1.807) is 18.2 Å². The van der Waals surface area contributed by atoms with Crippen molar-refractivity contribution in [3.05, 3.63) is 59.2 Å². The van der Waals surface area contributed by atoms with Crippen LogP contribution >= 0.6 is 0 Å². The molecule has 1 aromatic carbocycles. The molecular formula is C14H9FN4. The van der Waals surface area contributed by atoms with Crippen LogP contribution in [0.3, 0.4) is 0 Å². The van der Waals surface area contributed by atoms with Crippen LogP contribution in [0.5, 0.6) is 0 Å². The molecule has 0 atom stereocenters. The van der Waals surface area contributed by atoms with Crippen molar-refractivity contribution in [3.8, 4) is 12.1 Å². The molecule has 4 nitrogen and oxygen atoms in total. The molecule has 0 aliphatic rings. The number of aromatic nitrogens is 1. The molecule has 5 heteroatoms. The van der Waals surface area contributed by atoms with Crippen LogP contribution in [0.1, 0.15) is 16.8 Å². The van der Waals surface area contributed by atoms with E-state index in [-0.39, 0.29) is 5.56 Å². The third-order valence-electron chi connectivity index (χ3n) is 2.52. The van der Waals surface area contributed by atoms with Crippen LogP contribution in [0, 0.1) is 28.5 Å². The minimum absolute atomic E-state index is 0.277. The molecule has 0 saturated heterocycles. The number of hydrogen-bond donors (Lipinski definition) is 1. The molecule has 0 bridgehead atoms. The molecular weight excluding hydrogens is 243 g/mol. The van der Waals surface area contributed by atoms with Gasteiger partial charge in [-0.1, -0.05) is 0 Å². The van der Waals surface area contributed by atoms with E-state index in [9.17, 15) is 4.39 Å². The van der Waals surface area contributed by atoms with Crippen LogP contribution in [0.2, 0.25) is 0 Å². The lowest BCUT2D eigenvalue weighted by atomic mass is 10.2. The van der Waals surface area contributed by atoms with Gasteiger partial charge in [-0.3, -0.25) is 0 Å². The normalized spacial score (nSPS) is 9.42. The van der Waals surface area contributed by atoms with Crippen molar-refractivity contribution in [3.63, 3.8) is 0 Å². The first-order valence-corrected chi connectivity index (χ1v) is 5.51. The topological polar surface area (TPSA) is 72.5 Å². The molecule has 0 aliphatic carbocycles. The van der Waals surface area contributed by atoms with Crippen molar-refractivity contribution in [2.45, 2.75) is 6.54 Å². The van der Waals surface area contributed by atoms with Crippen molar-refractivity contribution in [2.24, 2.45) is 0 Å².